The van der Waals surface area contributed by atoms with E-state index in [2.05, 4.69) is 4.98 Å². The van der Waals surface area contributed by atoms with Gasteiger partial charge in [0.15, 0.2) is 0 Å². The molecule has 0 saturated carbocycles. The molecule has 1 aromatic carbocycles. The lowest BCUT2D eigenvalue weighted by atomic mass is 10.1. The fourth-order valence-electron chi connectivity index (χ4n) is 2.17. The van der Waals surface area contributed by atoms with Crippen LogP contribution in [0.2, 0.25) is 0 Å². The van der Waals surface area contributed by atoms with Gasteiger partial charge in [0.25, 0.3) is 5.56 Å². The zero-order valence-electron chi connectivity index (χ0n) is 11.3. The first-order chi connectivity index (χ1) is 10.3. The largest absolute Gasteiger partial charge is 0.392 e. The SMILES string of the molecule is O=c1ccc(-c2ccc(CO)cc2)cn1-c1ccncc1. The molecule has 0 atom stereocenters. The van der Waals surface area contributed by atoms with Crippen molar-refractivity contribution in [1.82, 2.24) is 9.55 Å². The second-order valence-electron chi connectivity index (χ2n) is 4.69. The number of rotatable bonds is 3. The minimum atomic E-state index is -0.0862. The van der Waals surface area contributed by atoms with Crippen molar-refractivity contribution in [2.24, 2.45) is 0 Å². The van der Waals surface area contributed by atoms with Crippen LogP contribution in [0.5, 0.6) is 0 Å². The molecule has 0 aliphatic heterocycles. The molecule has 4 nitrogen and oxygen atoms in total. The summed E-state index contributed by atoms with van der Waals surface area (Å²) < 4.78 is 1.59. The van der Waals surface area contributed by atoms with E-state index < -0.39 is 0 Å². The van der Waals surface area contributed by atoms with Gasteiger partial charge in [-0.3, -0.25) is 14.3 Å². The fraction of sp³-hybridized carbons (Fsp3) is 0.0588. The normalized spacial score (nSPS) is 10.5. The van der Waals surface area contributed by atoms with Gasteiger partial charge < -0.3 is 5.11 Å². The highest BCUT2D eigenvalue weighted by Crippen LogP contribution is 2.19. The molecule has 0 aliphatic carbocycles. The molecule has 1 N–H and O–H groups in total. The second-order valence-corrected chi connectivity index (χ2v) is 4.69. The van der Waals surface area contributed by atoms with E-state index in [1.807, 2.05) is 30.5 Å². The van der Waals surface area contributed by atoms with E-state index in [-0.39, 0.29) is 12.2 Å². The molecule has 0 spiro atoms. The van der Waals surface area contributed by atoms with Gasteiger partial charge in [-0.15, -0.1) is 0 Å². The Balaban J connectivity index is 2.06. The molecule has 0 amide bonds. The molecule has 4 heteroatoms. The average molecular weight is 278 g/mol. The van der Waals surface area contributed by atoms with Crippen LogP contribution in [0.1, 0.15) is 5.56 Å². The summed E-state index contributed by atoms with van der Waals surface area (Å²) in [6.07, 6.45) is 5.13. The number of hydrogen-bond donors (Lipinski definition) is 1. The van der Waals surface area contributed by atoms with E-state index in [1.165, 1.54) is 0 Å². The van der Waals surface area contributed by atoms with Crippen LogP contribution in [0.25, 0.3) is 16.8 Å². The van der Waals surface area contributed by atoms with Gasteiger partial charge in [0, 0.05) is 24.7 Å². The molecule has 2 aromatic heterocycles. The molecule has 2 heterocycles. The van der Waals surface area contributed by atoms with E-state index in [4.69, 9.17) is 5.11 Å². The van der Waals surface area contributed by atoms with Gasteiger partial charge in [0.1, 0.15) is 0 Å². The molecule has 0 radical (unpaired) electrons. The van der Waals surface area contributed by atoms with Crippen LogP contribution in [-0.4, -0.2) is 14.7 Å². The van der Waals surface area contributed by atoms with Gasteiger partial charge >= 0.3 is 0 Å². The van der Waals surface area contributed by atoms with Gasteiger partial charge in [-0.25, -0.2) is 0 Å². The highest BCUT2D eigenvalue weighted by atomic mass is 16.3. The highest BCUT2D eigenvalue weighted by Gasteiger charge is 2.03. The molecule has 0 saturated heterocycles. The van der Waals surface area contributed by atoms with E-state index >= 15 is 0 Å². The maximum Gasteiger partial charge on any atom is 0.255 e. The van der Waals surface area contributed by atoms with Crippen molar-refractivity contribution in [2.45, 2.75) is 6.61 Å². The summed E-state index contributed by atoms with van der Waals surface area (Å²) in [5.74, 6) is 0. The Bertz CT molecular complexity index is 793. The average Bonchev–Trinajstić information content (AvgIpc) is 2.56. The van der Waals surface area contributed by atoms with Crippen LogP contribution >= 0.6 is 0 Å². The summed E-state index contributed by atoms with van der Waals surface area (Å²) in [5, 5.41) is 9.08. The maximum atomic E-state index is 12.0. The van der Waals surface area contributed by atoms with Gasteiger partial charge in [-0.2, -0.15) is 0 Å². The summed E-state index contributed by atoms with van der Waals surface area (Å²) in [7, 11) is 0. The molecule has 3 rings (SSSR count). The number of nitrogens with zero attached hydrogens (tertiary/aromatic N) is 2. The van der Waals surface area contributed by atoms with Crippen LogP contribution in [-0.2, 0) is 6.61 Å². The van der Waals surface area contributed by atoms with Crippen molar-refractivity contribution >= 4 is 0 Å². The number of aliphatic hydroxyl groups excluding tert-OH is 1. The summed E-state index contributed by atoms with van der Waals surface area (Å²) in [5.41, 5.74) is 3.49. The minimum absolute atomic E-state index is 0.0246. The standard InChI is InChI=1S/C17H14N2O2/c20-12-13-1-3-14(4-2-13)15-5-6-17(21)19(11-15)16-7-9-18-10-8-16/h1-11,20H,12H2. The van der Waals surface area contributed by atoms with Crippen LogP contribution in [0.4, 0.5) is 0 Å². The Morgan fingerprint density at radius 1 is 0.905 bits per heavy atom. The van der Waals surface area contributed by atoms with Gasteiger partial charge in [0.05, 0.1) is 12.3 Å². The number of pyridine rings is 2. The second kappa shape index (κ2) is 5.73. The molecule has 21 heavy (non-hydrogen) atoms. The topological polar surface area (TPSA) is 55.1 Å². The first-order valence-electron chi connectivity index (χ1n) is 6.61. The van der Waals surface area contributed by atoms with E-state index in [0.29, 0.717) is 0 Å². The fourth-order valence-corrected chi connectivity index (χ4v) is 2.17. The smallest absolute Gasteiger partial charge is 0.255 e. The van der Waals surface area contributed by atoms with Crippen LogP contribution in [0.15, 0.2) is 71.9 Å². The zero-order valence-corrected chi connectivity index (χ0v) is 11.3. The third-order valence-electron chi connectivity index (χ3n) is 3.32. The quantitative estimate of drug-likeness (QED) is 0.800. The van der Waals surface area contributed by atoms with E-state index in [1.54, 1.807) is 41.2 Å². The first kappa shape index (κ1) is 13.3. The Morgan fingerprint density at radius 2 is 1.57 bits per heavy atom. The van der Waals surface area contributed by atoms with Crippen LogP contribution in [0, 0.1) is 0 Å². The van der Waals surface area contributed by atoms with Gasteiger partial charge in [-0.1, -0.05) is 24.3 Å². The Kier molecular flexibility index (Phi) is 3.62. The van der Waals surface area contributed by atoms with E-state index in [0.717, 1.165) is 22.4 Å². The summed E-state index contributed by atoms with van der Waals surface area (Å²) >= 11 is 0. The van der Waals surface area contributed by atoms with Crippen molar-refractivity contribution in [3.63, 3.8) is 0 Å². The summed E-state index contributed by atoms with van der Waals surface area (Å²) in [6.45, 7) is 0.0246. The molecular weight excluding hydrogens is 264 g/mol. The van der Waals surface area contributed by atoms with Crippen molar-refractivity contribution in [2.75, 3.05) is 0 Å². The summed E-state index contributed by atoms with van der Waals surface area (Å²) in [4.78, 5) is 16.0. The monoisotopic (exact) mass is 278 g/mol. The summed E-state index contributed by atoms with van der Waals surface area (Å²) in [6, 6.07) is 14.5. The maximum absolute atomic E-state index is 12.0. The Hall–Kier alpha value is -2.72. The number of benzene rings is 1. The van der Waals surface area contributed by atoms with Crippen molar-refractivity contribution < 1.29 is 5.11 Å². The van der Waals surface area contributed by atoms with Crippen LogP contribution < -0.4 is 5.56 Å². The Morgan fingerprint density at radius 3 is 2.24 bits per heavy atom. The van der Waals surface area contributed by atoms with Gasteiger partial charge in [0.2, 0.25) is 0 Å². The molecule has 0 bridgehead atoms. The lowest BCUT2D eigenvalue weighted by molar-refractivity contribution is 0.282. The molecule has 0 aliphatic rings. The number of hydrogen-bond acceptors (Lipinski definition) is 3. The zero-order chi connectivity index (χ0) is 14.7. The predicted octanol–water partition coefficient (Wildman–Crippen LogP) is 2.39. The predicted molar refractivity (Wildman–Crippen MR) is 81.2 cm³/mol. The molecule has 104 valence electrons. The third kappa shape index (κ3) is 2.75. The molecular formula is C17H14N2O2. The Labute approximate surface area is 122 Å². The lowest BCUT2D eigenvalue weighted by Crippen LogP contribution is -2.16. The lowest BCUT2D eigenvalue weighted by Gasteiger charge is -2.08. The van der Waals surface area contributed by atoms with Crippen molar-refractivity contribution in [3.05, 3.63) is 83.0 Å². The first-order valence-corrected chi connectivity index (χ1v) is 6.61. The van der Waals surface area contributed by atoms with Crippen molar-refractivity contribution in [3.8, 4) is 16.8 Å². The van der Waals surface area contributed by atoms with E-state index in [9.17, 15) is 4.79 Å². The van der Waals surface area contributed by atoms with Gasteiger partial charge in [-0.05, 0) is 34.9 Å². The number of aliphatic hydroxyl groups is 1. The minimum Gasteiger partial charge on any atom is -0.392 e. The molecule has 0 fully saturated rings. The third-order valence-corrected chi connectivity index (χ3v) is 3.32. The molecule has 0 unspecified atom stereocenters. The molecule has 3 aromatic rings. The highest BCUT2D eigenvalue weighted by molar-refractivity contribution is 5.63. The van der Waals surface area contributed by atoms with Crippen LogP contribution in [0.3, 0.4) is 0 Å². The number of aromatic nitrogens is 2. The van der Waals surface area contributed by atoms with Crippen molar-refractivity contribution in [1.29, 1.82) is 0 Å².